The standard InChI is InChI=1S/C19H26O4/c1-17-7-6-14-12(13(17)3-4-15(17)21)9-16(22)19(23)10-11(20)5-8-18(14,19)2/h12-14,23H,3-10H2,1-2H3/t12?,13?,14?,17-,18+,19-/m0/s1. The van der Waals surface area contributed by atoms with Gasteiger partial charge in [-0.25, -0.2) is 0 Å². The summed E-state index contributed by atoms with van der Waals surface area (Å²) in [4.78, 5) is 37.1. The monoisotopic (exact) mass is 318 g/mol. The predicted octanol–water partition coefficient (Wildman–Crippen LogP) is 2.46. The summed E-state index contributed by atoms with van der Waals surface area (Å²) in [6, 6.07) is 0. The molecule has 4 nitrogen and oxygen atoms in total. The van der Waals surface area contributed by atoms with E-state index >= 15 is 0 Å². The summed E-state index contributed by atoms with van der Waals surface area (Å²) in [5.41, 5.74) is -2.24. The summed E-state index contributed by atoms with van der Waals surface area (Å²) in [6.07, 6.45) is 4.69. The van der Waals surface area contributed by atoms with Crippen molar-refractivity contribution in [3.63, 3.8) is 0 Å². The van der Waals surface area contributed by atoms with E-state index in [0.717, 1.165) is 19.3 Å². The van der Waals surface area contributed by atoms with Gasteiger partial charge < -0.3 is 5.11 Å². The van der Waals surface area contributed by atoms with E-state index in [1.807, 2.05) is 6.92 Å². The van der Waals surface area contributed by atoms with Crippen molar-refractivity contribution in [2.45, 2.75) is 70.8 Å². The molecule has 0 aromatic heterocycles. The SMILES string of the molecule is C[C@]12CCC3C(CC(=O)[C@@]4(O)CC(=O)CC[C@]34C)C1CCC2=O. The van der Waals surface area contributed by atoms with Crippen molar-refractivity contribution in [3.05, 3.63) is 0 Å². The summed E-state index contributed by atoms with van der Waals surface area (Å²) >= 11 is 0. The van der Waals surface area contributed by atoms with Crippen LogP contribution >= 0.6 is 0 Å². The van der Waals surface area contributed by atoms with Crippen LogP contribution in [0.5, 0.6) is 0 Å². The van der Waals surface area contributed by atoms with E-state index in [0.29, 0.717) is 31.5 Å². The molecule has 0 radical (unpaired) electrons. The molecule has 0 aromatic carbocycles. The van der Waals surface area contributed by atoms with E-state index in [1.54, 1.807) is 0 Å². The minimum Gasteiger partial charge on any atom is -0.381 e. The number of rotatable bonds is 0. The first-order chi connectivity index (χ1) is 10.7. The first-order valence-electron chi connectivity index (χ1n) is 9.03. The Balaban J connectivity index is 1.75. The van der Waals surface area contributed by atoms with Gasteiger partial charge in [0.25, 0.3) is 0 Å². The Morgan fingerprint density at radius 2 is 1.70 bits per heavy atom. The average Bonchev–Trinajstić information content (AvgIpc) is 2.79. The summed E-state index contributed by atoms with van der Waals surface area (Å²) in [5.74, 6) is 0.940. The maximum atomic E-state index is 12.8. The van der Waals surface area contributed by atoms with E-state index in [-0.39, 0.29) is 41.2 Å². The van der Waals surface area contributed by atoms with Crippen molar-refractivity contribution in [3.8, 4) is 0 Å². The van der Waals surface area contributed by atoms with Gasteiger partial charge >= 0.3 is 0 Å². The van der Waals surface area contributed by atoms with Gasteiger partial charge in [0, 0.05) is 36.5 Å². The molecule has 1 N–H and O–H groups in total. The Kier molecular flexibility index (Phi) is 3.05. The second-order valence-electron chi connectivity index (χ2n) is 8.92. The number of hydrogen-bond donors (Lipinski definition) is 1. The van der Waals surface area contributed by atoms with E-state index < -0.39 is 11.0 Å². The second kappa shape index (κ2) is 4.53. The predicted molar refractivity (Wildman–Crippen MR) is 83.6 cm³/mol. The molecule has 0 saturated heterocycles. The highest BCUT2D eigenvalue weighted by Gasteiger charge is 2.67. The van der Waals surface area contributed by atoms with Crippen LogP contribution in [0.25, 0.3) is 0 Å². The van der Waals surface area contributed by atoms with Gasteiger partial charge in [-0.05, 0) is 43.4 Å². The van der Waals surface area contributed by atoms with E-state index in [1.165, 1.54) is 0 Å². The van der Waals surface area contributed by atoms with Crippen LogP contribution in [0.3, 0.4) is 0 Å². The van der Waals surface area contributed by atoms with Crippen molar-refractivity contribution < 1.29 is 19.5 Å². The third-order valence-electron chi connectivity index (χ3n) is 8.17. The van der Waals surface area contributed by atoms with Crippen molar-refractivity contribution in [1.29, 1.82) is 0 Å². The first kappa shape index (κ1) is 15.5. The van der Waals surface area contributed by atoms with Crippen LogP contribution in [-0.4, -0.2) is 28.1 Å². The molecule has 3 unspecified atom stereocenters. The normalized spacial score (nSPS) is 52.8. The number of fused-ring (bicyclic) bond motifs is 5. The van der Waals surface area contributed by atoms with Crippen molar-refractivity contribution in [2.24, 2.45) is 28.6 Å². The number of hydrogen-bond acceptors (Lipinski definition) is 4. The van der Waals surface area contributed by atoms with Gasteiger partial charge in [-0.2, -0.15) is 0 Å². The van der Waals surface area contributed by atoms with Gasteiger partial charge in [-0.3, -0.25) is 14.4 Å². The van der Waals surface area contributed by atoms with Crippen LogP contribution in [0.2, 0.25) is 0 Å². The summed E-state index contributed by atoms with van der Waals surface area (Å²) < 4.78 is 0. The van der Waals surface area contributed by atoms with Gasteiger partial charge in [0.05, 0.1) is 0 Å². The third kappa shape index (κ3) is 1.73. The van der Waals surface area contributed by atoms with E-state index in [9.17, 15) is 19.5 Å². The topological polar surface area (TPSA) is 71.4 Å². The van der Waals surface area contributed by atoms with Crippen LogP contribution in [0.1, 0.15) is 65.2 Å². The molecule has 0 bridgehead atoms. The molecule has 4 fully saturated rings. The largest absolute Gasteiger partial charge is 0.381 e. The van der Waals surface area contributed by atoms with Crippen LogP contribution in [0.4, 0.5) is 0 Å². The fourth-order valence-electron chi connectivity index (χ4n) is 6.61. The van der Waals surface area contributed by atoms with Gasteiger partial charge in [0.1, 0.15) is 17.2 Å². The van der Waals surface area contributed by atoms with Crippen LogP contribution in [0.15, 0.2) is 0 Å². The molecule has 4 saturated carbocycles. The Labute approximate surface area is 137 Å². The zero-order valence-corrected chi connectivity index (χ0v) is 14.1. The Bertz CT molecular complexity index is 610. The van der Waals surface area contributed by atoms with Crippen LogP contribution in [-0.2, 0) is 14.4 Å². The maximum Gasteiger partial charge on any atom is 0.165 e. The molecule has 0 aliphatic heterocycles. The van der Waals surface area contributed by atoms with Gasteiger partial charge in [0.2, 0.25) is 0 Å². The summed E-state index contributed by atoms with van der Waals surface area (Å²) in [7, 11) is 0. The molecule has 4 aliphatic carbocycles. The first-order valence-corrected chi connectivity index (χ1v) is 9.03. The maximum absolute atomic E-state index is 12.8. The number of carbonyl (C=O) groups is 3. The highest BCUT2D eigenvalue weighted by atomic mass is 16.3. The van der Waals surface area contributed by atoms with E-state index in [2.05, 4.69) is 6.92 Å². The lowest BCUT2D eigenvalue weighted by Gasteiger charge is -2.61. The fraction of sp³-hybridized carbons (Fsp3) is 0.842. The number of Topliss-reactive ketones (excluding diaryl/α,β-unsaturated/α-hetero) is 3. The molecule has 0 amide bonds. The van der Waals surface area contributed by atoms with Crippen molar-refractivity contribution >= 4 is 17.3 Å². The van der Waals surface area contributed by atoms with Gasteiger partial charge in [-0.15, -0.1) is 0 Å². The molecule has 126 valence electrons. The fourth-order valence-corrected chi connectivity index (χ4v) is 6.61. The van der Waals surface area contributed by atoms with Gasteiger partial charge in [-0.1, -0.05) is 13.8 Å². The molecule has 4 rings (SSSR count). The quantitative estimate of drug-likeness (QED) is 0.745. The minimum atomic E-state index is -1.47. The molecular weight excluding hydrogens is 292 g/mol. The molecule has 6 atom stereocenters. The Hall–Kier alpha value is -1.03. The summed E-state index contributed by atoms with van der Waals surface area (Å²) in [5, 5.41) is 11.1. The molecule has 0 spiro atoms. The highest BCUT2D eigenvalue weighted by Crippen LogP contribution is 2.65. The number of aliphatic hydroxyl groups is 1. The molecule has 0 aromatic rings. The molecular formula is C19H26O4. The lowest BCUT2D eigenvalue weighted by atomic mass is 9.43. The van der Waals surface area contributed by atoms with Crippen LogP contribution < -0.4 is 0 Å². The van der Waals surface area contributed by atoms with Crippen molar-refractivity contribution in [2.75, 3.05) is 0 Å². The lowest BCUT2D eigenvalue weighted by molar-refractivity contribution is -0.201. The van der Waals surface area contributed by atoms with E-state index in [4.69, 9.17) is 0 Å². The average molecular weight is 318 g/mol. The zero-order valence-electron chi connectivity index (χ0n) is 14.1. The second-order valence-corrected chi connectivity index (χ2v) is 8.92. The molecule has 23 heavy (non-hydrogen) atoms. The molecule has 0 heterocycles. The van der Waals surface area contributed by atoms with Crippen LogP contribution in [0, 0.1) is 28.6 Å². The molecule has 4 aliphatic rings. The smallest absolute Gasteiger partial charge is 0.165 e. The Morgan fingerprint density at radius 1 is 0.957 bits per heavy atom. The number of carbonyl (C=O) groups excluding carboxylic acids is 3. The highest BCUT2D eigenvalue weighted by molar-refractivity contribution is 5.96. The molecule has 4 heteroatoms. The van der Waals surface area contributed by atoms with Crippen molar-refractivity contribution in [1.82, 2.24) is 0 Å². The summed E-state index contributed by atoms with van der Waals surface area (Å²) in [6.45, 7) is 4.11. The minimum absolute atomic E-state index is 0.00752. The number of ketones is 3. The van der Waals surface area contributed by atoms with Gasteiger partial charge in [0.15, 0.2) is 5.78 Å². The lowest BCUT2D eigenvalue weighted by Crippen LogP contribution is -2.66. The Morgan fingerprint density at radius 3 is 2.43 bits per heavy atom. The zero-order chi connectivity index (χ0) is 16.6. The third-order valence-corrected chi connectivity index (χ3v) is 8.17.